The Bertz CT molecular complexity index is 482. The van der Waals surface area contributed by atoms with Crippen molar-refractivity contribution in [3.8, 4) is 0 Å². The lowest BCUT2D eigenvalue weighted by atomic mass is 10.1. The third kappa shape index (κ3) is 12.6. The number of hydrogen-bond donors (Lipinski definition) is 4. The van der Waals surface area contributed by atoms with Crippen molar-refractivity contribution in [1.29, 1.82) is 0 Å². The summed E-state index contributed by atoms with van der Waals surface area (Å²) in [5.74, 6) is -3.04. The minimum absolute atomic E-state index is 0.137. The van der Waals surface area contributed by atoms with E-state index in [1.165, 1.54) is 19.3 Å². The van der Waals surface area contributed by atoms with E-state index < -0.39 is 36.0 Å². The first-order valence-corrected chi connectivity index (χ1v) is 9.50. The van der Waals surface area contributed by atoms with E-state index in [-0.39, 0.29) is 19.3 Å². The SMILES string of the molecule is CCCCCCCCOC(=O)CC[C@H](NC(=O)N[C@@H](CC)C(=O)O)C(=O)O. The lowest BCUT2D eigenvalue weighted by Crippen LogP contribution is -2.51. The van der Waals surface area contributed by atoms with Crippen LogP contribution in [0.25, 0.3) is 0 Å². The van der Waals surface area contributed by atoms with Gasteiger partial charge in [0.25, 0.3) is 0 Å². The molecule has 0 bridgehead atoms. The van der Waals surface area contributed by atoms with Gasteiger partial charge in [-0.3, -0.25) is 4.79 Å². The van der Waals surface area contributed by atoms with Gasteiger partial charge in [0.15, 0.2) is 0 Å². The predicted octanol–water partition coefficient (Wildman–Crippen LogP) is 2.29. The molecule has 0 saturated heterocycles. The Labute approximate surface area is 159 Å². The topological polar surface area (TPSA) is 142 Å². The van der Waals surface area contributed by atoms with E-state index in [0.717, 1.165) is 19.3 Å². The van der Waals surface area contributed by atoms with E-state index in [1.807, 2.05) is 0 Å². The molecular weight excluding hydrogens is 356 g/mol. The van der Waals surface area contributed by atoms with Gasteiger partial charge in [-0.1, -0.05) is 46.0 Å². The van der Waals surface area contributed by atoms with Crippen LogP contribution in [-0.2, 0) is 19.1 Å². The highest BCUT2D eigenvalue weighted by molar-refractivity contribution is 5.86. The number of esters is 1. The van der Waals surface area contributed by atoms with Gasteiger partial charge < -0.3 is 25.6 Å². The Kier molecular flexibility index (Phi) is 13.5. The molecule has 0 aromatic heterocycles. The summed E-state index contributed by atoms with van der Waals surface area (Å²) < 4.78 is 5.06. The molecule has 0 rings (SSSR count). The minimum Gasteiger partial charge on any atom is -0.480 e. The van der Waals surface area contributed by atoms with Crippen LogP contribution in [0.2, 0.25) is 0 Å². The van der Waals surface area contributed by atoms with Gasteiger partial charge in [0.1, 0.15) is 12.1 Å². The van der Waals surface area contributed by atoms with Gasteiger partial charge in [-0.05, 0) is 19.3 Å². The average molecular weight is 388 g/mol. The van der Waals surface area contributed by atoms with Crippen molar-refractivity contribution in [2.45, 2.75) is 83.7 Å². The number of carboxylic acid groups (broad SMARTS) is 2. The van der Waals surface area contributed by atoms with Crippen molar-refractivity contribution in [2.75, 3.05) is 6.61 Å². The molecule has 0 aliphatic heterocycles. The second-order valence-corrected chi connectivity index (χ2v) is 6.33. The molecule has 0 aromatic rings. The minimum atomic E-state index is -1.31. The van der Waals surface area contributed by atoms with Crippen molar-refractivity contribution in [3.05, 3.63) is 0 Å². The second kappa shape index (κ2) is 14.8. The van der Waals surface area contributed by atoms with Crippen molar-refractivity contribution < 1.29 is 34.1 Å². The Balaban J connectivity index is 4.13. The van der Waals surface area contributed by atoms with Crippen LogP contribution in [0.15, 0.2) is 0 Å². The van der Waals surface area contributed by atoms with Crippen molar-refractivity contribution >= 4 is 23.9 Å². The monoisotopic (exact) mass is 388 g/mol. The molecule has 0 aliphatic rings. The number of aliphatic carboxylic acids is 2. The Morgan fingerprint density at radius 3 is 1.96 bits per heavy atom. The van der Waals surface area contributed by atoms with Crippen LogP contribution in [0.4, 0.5) is 4.79 Å². The summed E-state index contributed by atoms with van der Waals surface area (Å²) in [4.78, 5) is 45.5. The quantitative estimate of drug-likeness (QED) is 0.249. The Morgan fingerprint density at radius 2 is 1.41 bits per heavy atom. The van der Waals surface area contributed by atoms with E-state index in [1.54, 1.807) is 6.92 Å². The fourth-order valence-corrected chi connectivity index (χ4v) is 2.36. The van der Waals surface area contributed by atoms with Gasteiger partial charge in [0, 0.05) is 6.42 Å². The van der Waals surface area contributed by atoms with Crippen LogP contribution in [0, 0.1) is 0 Å². The van der Waals surface area contributed by atoms with E-state index >= 15 is 0 Å². The van der Waals surface area contributed by atoms with Crippen LogP contribution in [0.1, 0.15) is 71.6 Å². The number of carboxylic acids is 2. The first-order valence-electron chi connectivity index (χ1n) is 9.50. The molecule has 9 heteroatoms. The van der Waals surface area contributed by atoms with Crippen molar-refractivity contribution in [1.82, 2.24) is 10.6 Å². The third-order valence-corrected chi connectivity index (χ3v) is 4.01. The molecule has 0 radical (unpaired) electrons. The number of carbonyl (C=O) groups is 4. The number of urea groups is 1. The highest BCUT2D eigenvalue weighted by Crippen LogP contribution is 2.06. The van der Waals surface area contributed by atoms with Gasteiger partial charge in [-0.25, -0.2) is 14.4 Å². The smallest absolute Gasteiger partial charge is 0.326 e. The third-order valence-electron chi connectivity index (χ3n) is 4.01. The first kappa shape index (κ1) is 24.7. The number of nitrogens with one attached hydrogen (secondary N) is 2. The number of amides is 2. The molecule has 2 atom stereocenters. The van der Waals surface area contributed by atoms with Gasteiger partial charge >= 0.3 is 23.9 Å². The molecule has 27 heavy (non-hydrogen) atoms. The normalized spacial score (nSPS) is 12.7. The summed E-state index contributed by atoms with van der Waals surface area (Å²) in [6.07, 6.45) is 6.25. The molecule has 4 N–H and O–H groups in total. The van der Waals surface area contributed by atoms with E-state index in [4.69, 9.17) is 14.9 Å². The van der Waals surface area contributed by atoms with Crippen LogP contribution in [0.5, 0.6) is 0 Å². The molecule has 156 valence electrons. The van der Waals surface area contributed by atoms with Crippen molar-refractivity contribution in [3.63, 3.8) is 0 Å². The lowest BCUT2D eigenvalue weighted by molar-refractivity contribution is -0.144. The standard InChI is InChI=1S/C18H32N2O7/c1-3-5-6-7-8-9-12-27-15(21)11-10-14(17(24)25)20-18(26)19-13(4-2)16(22)23/h13-14H,3-12H2,1-2H3,(H,22,23)(H,24,25)(H2,19,20,26)/t13-,14-/m0/s1. The maximum Gasteiger partial charge on any atom is 0.326 e. The molecule has 9 nitrogen and oxygen atoms in total. The fraction of sp³-hybridized carbons (Fsp3) is 0.778. The maximum atomic E-state index is 11.7. The predicted molar refractivity (Wildman–Crippen MR) is 98.4 cm³/mol. The number of carbonyl (C=O) groups excluding carboxylic acids is 2. The molecule has 0 saturated carbocycles. The molecule has 0 heterocycles. The number of rotatable bonds is 15. The average Bonchev–Trinajstić information content (AvgIpc) is 2.61. The Morgan fingerprint density at radius 1 is 0.852 bits per heavy atom. The van der Waals surface area contributed by atoms with Crippen LogP contribution in [0.3, 0.4) is 0 Å². The fourth-order valence-electron chi connectivity index (χ4n) is 2.36. The number of hydrogen-bond acceptors (Lipinski definition) is 5. The van der Waals surface area contributed by atoms with E-state index in [2.05, 4.69) is 17.6 Å². The molecule has 0 unspecified atom stereocenters. The zero-order valence-electron chi connectivity index (χ0n) is 16.2. The summed E-state index contributed by atoms with van der Waals surface area (Å²) in [6.45, 7) is 4.01. The highest BCUT2D eigenvalue weighted by Gasteiger charge is 2.24. The van der Waals surface area contributed by atoms with Crippen LogP contribution >= 0.6 is 0 Å². The number of unbranched alkanes of at least 4 members (excludes halogenated alkanes) is 5. The maximum absolute atomic E-state index is 11.7. The van der Waals surface area contributed by atoms with Gasteiger partial charge in [0.2, 0.25) is 0 Å². The Hall–Kier alpha value is -2.32. The zero-order chi connectivity index (χ0) is 20.7. The lowest BCUT2D eigenvalue weighted by Gasteiger charge is -2.17. The second-order valence-electron chi connectivity index (χ2n) is 6.33. The summed E-state index contributed by atoms with van der Waals surface area (Å²) in [5, 5.41) is 22.4. The highest BCUT2D eigenvalue weighted by atomic mass is 16.5. The largest absolute Gasteiger partial charge is 0.480 e. The van der Waals surface area contributed by atoms with E-state index in [9.17, 15) is 19.2 Å². The molecule has 0 spiro atoms. The summed E-state index contributed by atoms with van der Waals surface area (Å²) in [6, 6.07) is -3.32. The van der Waals surface area contributed by atoms with Crippen LogP contribution < -0.4 is 10.6 Å². The van der Waals surface area contributed by atoms with Gasteiger partial charge in [-0.15, -0.1) is 0 Å². The summed E-state index contributed by atoms with van der Waals surface area (Å²) in [7, 11) is 0. The first-order chi connectivity index (χ1) is 12.8. The van der Waals surface area contributed by atoms with Gasteiger partial charge in [0.05, 0.1) is 6.61 Å². The number of ether oxygens (including phenoxy) is 1. The molecule has 0 fully saturated rings. The van der Waals surface area contributed by atoms with Gasteiger partial charge in [-0.2, -0.15) is 0 Å². The summed E-state index contributed by atoms with van der Waals surface area (Å²) in [5.41, 5.74) is 0. The van der Waals surface area contributed by atoms with Crippen molar-refractivity contribution in [2.24, 2.45) is 0 Å². The molecule has 0 aliphatic carbocycles. The molecular formula is C18H32N2O7. The summed E-state index contributed by atoms with van der Waals surface area (Å²) >= 11 is 0. The van der Waals surface area contributed by atoms with E-state index in [0.29, 0.717) is 6.61 Å². The molecule has 2 amide bonds. The zero-order valence-corrected chi connectivity index (χ0v) is 16.2. The van der Waals surface area contributed by atoms with Crippen LogP contribution in [-0.4, -0.2) is 52.8 Å². The molecule has 0 aromatic carbocycles.